The van der Waals surface area contributed by atoms with Crippen LogP contribution in [-0.4, -0.2) is 14.5 Å². The van der Waals surface area contributed by atoms with Crippen LogP contribution in [-0.2, 0) is 6.42 Å². The molecule has 4 aromatic rings. The minimum absolute atomic E-state index is 0.169. The van der Waals surface area contributed by atoms with Gasteiger partial charge in [0.2, 0.25) is 0 Å². The zero-order chi connectivity index (χ0) is 18.1. The molecule has 5 heteroatoms. The van der Waals surface area contributed by atoms with Crippen LogP contribution in [0.15, 0.2) is 71.8 Å². The quantitative estimate of drug-likeness (QED) is 0.560. The molecule has 0 unspecified atom stereocenters. The predicted octanol–water partition coefficient (Wildman–Crippen LogP) is 4.15. The monoisotopic (exact) mass is 345 g/mol. The predicted molar refractivity (Wildman–Crippen MR) is 99.9 cm³/mol. The first-order chi connectivity index (χ1) is 12.7. The minimum Gasteiger partial charge on any atom is -0.268 e. The lowest BCUT2D eigenvalue weighted by molar-refractivity contribution is 0.622. The zero-order valence-corrected chi connectivity index (χ0v) is 14.2. The summed E-state index contributed by atoms with van der Waals surface area (Å²) in [7, 11) is 0. The number of nitrogens with zero attached hydrogens (tertiary/aromatic N) is 3. The molecule has 26 heavy (non-hydrogen) atoms. The van der Waals surface area contributed by atoms with Crippen LogP contribution < -0.4 is 5.56 Å². The second-order valence-corrected chi connectivity index (χ2v) is 5.95. The number of fused-ring (bicyclic) bond motifs is 1. The normalized spacial score (nSPS) is 11.0. The lowest BCUT2D eigenvalue weighted by atomic mass is 10.0. The van der Waals surface area contributed by atoms with Crippen molar-refractivity contribution >= 4 is 10.9 Å². The van der Waals surface area contributed by atoms with Gasteiger partial charge in [0.25, 0.3) is 5.56 Å². The third-order valence-electron chi connectivity index (χ3n) is 4.31. The molecule has 128 valence electrons. The molecule has 2 aromatic heterocycles. The van der Waals surface area contributed by atoms with Crippen molar-refractivity contribution in [2.75, 3.05) is 0 Å². The maximum atomic E-state index is 13.7. The summed E-state index contributed by atoms with van der Waals surface area (Å²) in [6.07, 6.45) is 3.31. The van der Waals surface area contributed by atoms with E-state index in [4.69, 9.17) is 0 Å². The van der Waals surface area contributed by atoms with Crippen LogP contribution >= 0.6 is 0 Å². The number of para-hydroxylation sites is 1. The van der Waals surface area contributed by atoms with Crippen molar-refractivity contribution in [2.24, 2.45) is 0 Å². The minimum atomic E-state index is -0.443. The molecule has 0 aliphatic carbocycles. The van der Waals surface area contributed by atoms with Gasteiger partial charge >= 0.3 is 0 Å². The number of hydrogen-bond donors (Lipinski definition) is 0. The number of rotatable bonds is 3. The molecular formula is C21H16FN3O. The highest BCUT2D eigenvalue weighted by atomic mass is 19.1. The molecule has 2 heterocycles. The summed E-state index contributed by atoms with van der Waals surface area (Å²) in [6.45, 7) is 1.97. The third-order valence-corrected chi connectivity index (χ3v) is 4.31. The molecule has 0 radical (unpaired) electrons. The summed E-state index contributed by atoms with van der Waals surface area (Å²) >= 11 is 0. The van der Waals surface area contributed by atoms with Crippen LogP contribution in [0.3, 0.4) is 0 Å². The van der Waals surface area contributed by atoms with E-state index < -0.39 is 5.82 Å². The highest BCUT2D eigenvalue weighted by Gasteiger charge is 2.15. The van der Waals surface area contributed by atoms with Crippen molar-refractivity contribution in [3.63, 3.8) is 0 Å². The Morgan fingerprint density at radius 3 is 2.58 bits per heavy atom. The fraction of sp³-hybridized carbons (Fsp3) is 0.0952. The van der Waals surface area contributed by atoms with Crippen molar-refractivity contribution < 1.29 is 4.39 Å². The summed E-state index contributed by atoms with van der Waals surface area (Å²) in [6, 6.07) is 16.2. The number of halogens is 1. The van der Waals surface area contributed by atoms with Crippen LogP contribution in [0.1, 0.15) is 12.7 Å². The fourth-order valence-corrected chi connectivity index (χ4v) is 3.16. The topological polar surface area (TPSA) is 47.8 Å². The molecular weight excluding hydrogens is 329 g/mol. The smallest absolute Gasteiger partial charge is 0.266 e. The van der Waals surface area contributed by atoms with Gasteiger partial charge in [-0.25, -0.2) is 9.37 Å². The Labute approximate surface area is 149 Å². The molecule has 0 amide bonds. The molecule has 0 aliphatic rings. The van der Waals surface area contributed by atoms with Gasteiger partial charge in [-0.05, 0) is 29.8 Å². The molecule has 4 nitrogen and oxygen atoms in total. The Bertz CT molecular complexity index is 1150. The standard InChI is InChI=1S/C21H16FN3O/c1-2-19-24-18-10-6-9-17(14-11-15(22)13-23-12-14)20(18)21(26)25(19)16-7-4-3-5-8-16/h3-13H,2H2,1H3. The van der Waals surface area contributed by atoms with E-state index >= 15 is 0 Å². The summed E-state index contributed by atoms with van der Waals surface area (Å²) in [5.74, 6) is 0.240. The van der Waals surface area contributed by atoms with Gasteiger partial charge in [-0.1, -0.05) is 37.3 Å². The molecule has 0 saturated heterocycles. The van der Waals surface area contributed by atoms with E-state index in [1.165, 1.54) is 6.07 Å². The van der Waals surface area contributed by atoms with E-state index in [0.717, 1.165) is 11.9 Å². The Kier molecular flexibility index (Phi) is 4.05. The van der Waals surface area contributed by atoms with Crippen molar-refractivity contribution in [3.05, 3.63) is 89.0 Å². The highest BCUT2D eigenvalue weighted by Crippen LogP contribution is 2.26. The van der Waals surface area contributed by atoms with Gasteiger partial charge in [0.05, 0.1) is 22.8 Å². The van der Waals surface area contributed by atoms with Crippen molar-refractivity contribution in [2.45, 2.75) is 13.3 Å². The first kappa shape index (κ1) is 16.1. The molecule has 4 rings (SSSR count). The van der Waals surface area contributed by atoms with Crippen molar-refractivity contribution in [1.29, 1.82) is 0 Å². The number of aromatic nitrogens is 3. The summed E-state index contributed by atoms with van der Waals surface area (Å²) < 4.78 is 15.3. The van der Waals surface area contributed by atoms with E-state index in [0.29, 0.717) is 34.3 Å². The Morgan fingerprint density at radius 1 is 1.04 bits per heavy atom. The van der Waals surface area contributed by atoms with E-state index in [-0.39, 0.29) is 5.56 Å². The van der Waals surface area contributed by atoms with Gasteiger partial charge in [-0.3, -0.25) is 14.3 Å². The molecule has 0 spiro atoms. The number of hydrogen-bond acceptors (Lipinski definition) is 3. The number of pyridine rings is 1. The molecule has 0 bridgehead atoms. The van der Waals surface area contributed by atoms with E-state index in [9.17, 15) is 9.18 Å². The first-order valence-electron chi connectivity index (χ1n) is 8.40. The molecule has 0 aliphatic heterocycles. The Balaban J connectivity index is 2.10. The summed E-state index contributed by atoms with van der Waals surface area (Å²) in [4.78, 5) is 22.0. The van der Waals surface area contributed by atoms with Crippen LogP contribution in [0, 0.1) is 5.82 Å². The SMILES string of the molecule is CCc1nc2cccc(-c3cncc(F)c3)c2c(=O)n1-c1ccccc1. The van der Waals surface area contributed by atoms with Crippen molar-refractivity contribution in [1.82, 2.24) is 14.5 Å². The first-order valence-corrected chi connectivity index (χ1v) is 8.40. The van der Waals surface area contributed by atoms with E-state index in [2.05, 4.69) is 9.97 Å². The van der Waals surface area contributed by atoms with Crippen LogP contribution in [0.2, 0.25) is 0 Å². The third kappa shape index (κ3) is 2.67. The van der Waals surface area contributed by atoms with Gasteiger partial charge in [-0.2, -0.15) is 0 Å². The Hall–Kier alpha value is -3.34. The molecule has 0 N–H and O–H groups in total. The van der Waals surface area contributed by atoms with Gasteiger partial charge in [0.1, 0.15) is 11.6 Å². The maximum Gasteiger partial charge on any atom is 0.266 e. The average Bonchev–Trinajstić information content (AvgIpc) is 2.68. The van der Waals surface area contributed by atoms with Gasteiger partial charge in [-0.15, -0.1) is 0 Å². The molecule has 0 fully saturated rings. The molecule has 2 aromatic carbocycles. The van der Waals surface area contributed by atoms with E-state index in [1.54, 1.807) is 22.9 Å². The van der Waals surface area contributed by atoms with Crippen LogP contribution in [0.4, 0.5) is 4.39 Å². The fourth-order valence-electron chi connectivity index (χ4n) is 3.16. The number of benzene rings is 2. The largest absolute Gasteiger partial charge is 0.268 e. The lowest BCUT2D eigenvalue weighted by Gasteiger charge is -2.14. The average molecular weight is 345 g/mol. The zero-order valence-electron chi connectivity index (χ0n) is 14.2. The maximum absolute atomic E-state index is 13.7. The van der Waals surface area contributed by atoms with Crippen LogP contribution in [0.5, 0.6) is 0 Å². The second kappa shape index (κ2) is 6.52. The van der Waals surface area contributed by atoms with Gasteiger partial charge < -0.3 is 0 Å². The van der Waals surface area contributed by atoms with Crippen LogP contribution in [0.25, 0.3) is 27.7 Å². The summed E-state index contributed by atoms with van der Waals surface area (Å²) in [5.41, 5.74) is 2.37. The molecule has 0 atom stereocenters. The number of aryl methyl sites for hydroxylation is 1. The molecule has 0 saturated carbocycles. The Morgan fingerprint density at radius 2 is 1.85 bits per heavy atom. The van der Waals surface area contributed by atoms with Gasteiger partial charge in [0.15, 0.2) is 0 Å². The highest BCUT2D eigenvalue weighted by molar-refractivity contribution is 5.94. The summed E-state index contributed by atoms with van der Waals surface area (Å²) in [5, 5.41) is 0.459. The van der Waals surface area contributed by atoms with Gasteiger partial charge in [0, 0.05) is 18.2 Å². The second-order valence-electron chi connectivity index (χ2n) is 5.95. The van der Waals surface area contributed by atoms with Crippen molar-refractivity contribution in [3.8, 4) is 16.8 Å². The van der Waals surface area contributed by atoms with E-state index in [1.807, 2.05) is 43.3 Å². The lowest BCUT2D eigenvalue weighted by Crippen LogP contribution is -2.24.